The topological polar surface area (TPSA) is 78.0 Å². The average molecular weight is 403 g/mol. The Morgan fingerprint density at radius 2 is 1.67 bits per heavy atom. The number of rotatable bonds is 3. The predicted octanol–water partition coefficient (Wildman–Crippen LogP) is 3.48. The van der Waals surface area contributed by atoms with E-state index in [1.165, 1.54) is 12.1 Å². The van der Waals surface area contributed by atoms with Gasteiger partial charge in [-0.1, -0.05) is 18.2 Å². The zero-order valence-electron chi connectivity index (χ0n) is 13.2. The molecule has 1 heterocycles. The van der Waals surface area contributed by atoms with Gasteiger partial charge in [0.25, 0.3) is 0 Å². The molecule has 0 fully saturated rings. The Hall–Kier alpha value is -2.79. The van der Waals surface area contributed by atoms with E-state index in [1.807, 2.05) is 0 Å². The van der Waals surface area contributed by atoms with E-state index in [-0.39, 0.29) is 5.69 Å². The summed E-state index contributed by atoms with van der Waals surface area (Å²) in [7, 11) is -4.33. The monoisotopic (exact) mass is 403 g/mol. The molecule has 0 radical (unpaired) electrons. The summed E-state index contributed by atoms with van der Waals surface area (Å²) < 4.78 is 91.3. The molecule has 27 heavy (non-hydrogen) atoms. The van der Waals surface area contributed by atoms with Gasteiger partial charge in [-0.2, -0.15) is 18.3 Å². The molecule has 0 atom stereocenters. The third kappa shape index (κ3) is 3.55. The lowest BCUT2D eigenvalue weighted by Crippen LogP contribution is -2.16. The summed E-state index contributed by atoms with van der Waals surface area (Å²) >= 11 is 0. The highest BCUT2D eigenvalue weighted by Crippen LogP contribution is 2.35. The van der Waals surface area contributed by atoms with Crippen LogP contribution >= 0.6 is 0 Å². The Morgan fingerprint density at radius 3 is 2.30 bits per heavy atom. The van der Waals surface area contributed by atoms with Crippen LogP contribution in [0.25, 0.3) is 16.9 Å². The maximum absolute atomic E-state index is 14.2. The molecule has 0 saturated carbocycles. The van der Waals surface area contributed by atoms with Crippen molar-refractivity contribution >= 4 is 10.0 Å². The van der Waals surface area contributed by atoms with Crippen molar-refractivity contribution in [3.63, 3.8) is 0 Å². The third-order valence-electron chi connectivity index (χ3n) is 3.63. The first kappa shape index (κ1) is 19.0. The second-order valence-electron chi connectivity index (χ2n) is 5.44. The van der Waals surface area contributed by atoms with Crippen LogP contribution in [0, 0.1) is 11.6 Å². The summed E-state index contributed by atoms with van der Waals surface area (Å²) in [6, 6.07) is 8.29. The van der Waals surface area contributed by atoms with E-state index in [1.54, 1.807) is 0 Å². The lowest BCUT2D eigenvalue weighted by Gasteiger charge is -2.12. The minimum absolute atomic E-state index is 0.339. The smallest absolute Gasteiger partial charge is 0.231 e. The van der Waals surface area contributed by atoms with Crippen LogP contribution in [0.4, 0.5) is 22.0 Å². The lowest BCUT2D eigenvalue weighted by atomic mass is 10.1. The van der Waals surface area contributed by atoms with Gasteiger partial charge in [0.1, 0.15) is 4.90 Å². The molecule has 1 aromatic heterocycles. The van der Waals surface area contributed by atoms with Gasteiger partial charge in [0.15, 0.2) is 17.3 Å². The van der Waals surface area contributed by atoms with Gasteiger partial charge in [-0.3, -0.25) is 0 Å². The Bertz CT molecular complexity index is 1120. The number of alkyl halides is 3. The largest absolute Gasteiger partial charge is 0.435 e. The van der Waals surface area contributed by atoms with Crippen LogP contribution in [0.5, 0.6) is 0 Å². The number of benzene rings is 2. The quantitative estimate of drug-likeness (QED) is 0.680. The SMILES string of the molecule is NS(=O)(=O)c1ccccc1-n1nc(C(F)(F)F)cc1-c1cccc(F)c1F. The molecule has 0 aliphatic rings. The maximum Gasteiger partial charge on any atom is 0.435 e. The summed E-state index contributed by atoms with van der Waals surface area (Å²) in [4.78, 5) is -0.528. The number of nitrogens with zero attached hydrogens (tertiary/aromatic N) is 2. The first-order chi connectivity index (χ1) is 12.5. The minimum atomic E-state index is -4.90. The third-order valence-corrected chi connectivity index (χ3v) is 4.59. The Kier molecular flexibility index (Phi) is 4.52. The molecule has 142 valence electrons. The molecule has 0 aliphatic carbocycles. The predicted molar refractivity (Wildman–Crippen MR) is 85.3 cm³/mol. The highest BCUT2D eigenvalue weighted by atomic mass is 32.2. The van der Waals surface area contributed by atoms with Crippen LogP contribution in [-0.2, 0) is 16.2 Å². The number of aromatic nitrogens is 2. The molecule has 2 aromatic carbocycles. The van der Waals surface area contributed by atoms with E-state index in [0.717, 1.165) is 30.3 Å². The number of sulfonamides is 1. The minimum Gasteiger partial charge on any atom is -0.231 e. The lowest BCUT2D eigenvalue weighted by molar-refractivity contribution is -0.141. The van der Waals surface area contributed by atoms with E-state index in [0.29, 0.717) is 10.7 Å². The molecule has 0 amide bonds. The first-order valence-corrected chi connectivity index (χ1v) is 8.78. The molecule has 0 saturated heterocycles. The van der Waals surface area contributed by atoms with Crippen molar-refractivity contribution in [1.29, 1.82) is 0 Å². The van der Waals surface area contributed by atoms with Crippen molar-refractivity contribution < 1.29 is 30.4 Å². The Balaban J connectivity index is 2.38. The number of hydrogen-bond donors (Lipinski definition) is 1. The fourth-order valence-electron chi connectivity index (χ4n) is 2.47. The standard InChI is InChI=1S/C16H10F5N3O2S/c17-10-5-3-4-9(15(10)18)12-8-14(16(19,20)21)23-24(12)11-6-1-2-7-13(11)27(22,25)26/h1-8H,(H2,22,25,26). The normalized spacial score (nSPS) is 12.4. The van der Waals surface area contributed by atoms with Crippen molar-refractivity contribution in [3.05, 3.63) is 65.9 Å². The van der Waals surface area contributed by atoms with Crippen molar-refractivity contribution in [1.82, 2.24) is 9.78 Å². The maximum atomic E-state index is 14.2. The molecule has 3 aromatic rings. The summed E-state index contributed by atoms with van der Waals surface area (Å²) in [5.74, 6) is -2.69. The van der Waals surface area contributed by atoms with Gasteiger partial charge in [-0.15, -0.1) is 0 Å². The highest BCUT2D eigenvalue weighted by molar-refractivity contribution is 7.89. The molecule has 2 N–H and O–H groups in total. The van der Waals surface area contributed by atoms with Gasteiger partial charge in [-0.25, -0.2) is 27.0 Å². The second-order valence-corrected chi connectivity index (χ2v) is 6.97. The zero-order chi connectivity index (χ0) is 20.0. The van der Waals surface area contributed by atoms with Crippen LogP contribution in [0.15, 0.2) is 53.4 Å². The second kappa shape index (κ2) is 6.43. The van der Waals surface area contributed by atoms with Crippen molar-refractivity contribution in [2.75, 3.05) is 0 Å². The van der Waals surface area contributed by atoms with Gasteiger partial charge >= 0.3 is 6.18 Å². The number of hydrogen-bond acceptors (Lipinski definition) is 3. The number of halogens is 5. The molecule has 5 nitrogen and oxygen atoms in total. The summed E-state index contributed by atoms with van der Waals surface area (Å²) in [5.41, 5.74) is -2.77. The van der Waals surface area contributed by atoms with E-state index in [9.17, 15) is 30.4 Å². The molecule has 0 bridgehead atoms. The fourth-order valence-corrected chi connectivity index (χ4v) is 3.18. The Morgan fingerprint density at radius 1 is 1.00 bits per heavy atom. The van der Waals surface area contributed by atoms with Crippen LogP contribution in [0.1, 0.15) is 5.69 Å². The van der Waals surface area contributed by atoms with Gasteiger partial charge in [0.05, 0.1) is 11.4 Å². The van der Waals surface area contributed by atoms with E-state index >= 15 is 0 Å². The highest BCUT2D eigenvalue weighted by Gasteiger charge is 2.36. The molecule has 3 rings (SSSR count). The van der Waals surface area contributed by atoms with Gasteiger partial charge in [0.2, 0.25) is 10.0 Å². The van der Waals surface area contributed by atoms with Crippen molar-refractivity contribution in [3.8, 4) is 16.9 Å². The molecule has 11 heteroatoms. The zero-order valence-corrected chi connectivity index (χ0v) is 14.0. The number of nitrogens with two attached hydrogens (primary N) is 1. The van der Waals surface area contributed by atoms with Crippen LogP contribution in [-0.4, -0.2) is 18.2 Å². The van der Waals surface area contributed by atoms with E-state index in [2.05, 4.69) is 5.10 Å². The van der Waals surface area contributed by atoms with E-state index in [4.69, 9.17) is 5.14 Å². The van der Waals surface area contributed by atoms with Gasteiger partial charge in [0, 0.05) is 5.56 Å². The van der Waals surface area contributed by atoms with E-state index < -0.39 is 49.7 Å². The molecule has 0 aliphatic heterocycles. The molecule has 0 unspecified atom stereocenters. The van der Waals surface area contributed by atoms with Crippen LogP contribution < -0.4 is 5.14 Å². The number of primary sulfonamides is 1. The van der Waals surface area contributed by atoms with Gasteiger partial charge in [-0.05, 0) is 30.3 Å². The molecule has 0 spiro atoms. The van der Waals surface area contributed by atoms with Crippen molar-refractivity contribution in [2.24, 2.45) is 5.14 Å². The summed E-state index contributed by atoms with van der Waals surface area (Å²) in [5, 5.41) is 8.46. The molecular weight excluding hydrogens is 393 g/mol. The summed E-state index contributed by atoms with van der Waals surface area (Å²) in [6.45, 7) is 0. The van der Waals surface area contributed by atoms with Gasteiger partial charge < -0.3 is 0 Å². The summed E-state index contributed by atoms with van der Waals surface area (Å²) in [6.07, 6.45) is -4.90. The molecular formula is C16H10F5N3O2S. The number of para-hydroxylation sites is 1. The average Bonchev–Trinajstić information content (AvgIpc) is 3.02. The fraction of sp³-hybridized carbons (Fsp3) is 0.0625. The van der Waals surface area contributed by atoms with Crippen LogP contribution in [0.2, 0.25) is 0 Å². The Labute approximate surface area is 149 Å². The van der Waals surface area contributed by atoms with Crippen molar-refractivity contribution in [2.45, 2.75) is 11.1 Å². The van der Waals surface area contributed by atoms with Crippen LogP contribution in [0.3, 0.4) is 0 Å². The first-order valence-electron chi connectivity index (χ1n) is 7.24.